The van der Waals surface area contributed by atoms with E-state index >= 15 is 0 Å². The average molecular weight is 436 g/mol. The molecule has 0 amide bonds. The molecule has 7 heteroatoms. The lowest BCUT2D eigenvalue weighted by Gasteiger charge is -2.37. The summed E-state index contributed by atoms with van der Waals surface area (Å²) in [6.07, 6.45) is 7.55. The van der Waals surface area contributed by atoms with Gasteiger partial charge in [-0.15, -0.1) is 0 Å². The van der Waals surface area contributed by atoms with Gasteiger partial charge in [-0.2, -0.15) is 15.0 Å². The van der Waals surface area contributed by atoms with Crippen molar-refractivity contribution in [1.29, 1.82) is 0 Å². The van der Waals surface area contributed by atoms with E-state index in [-0.39, 0.29) is 0 Å². The van der Waals surface area contributed by atoms with E-state index in [0.29, 0.717) is 0 Å². The number of piperazine rings is 1. The normalized spacial score (nSPS) is 20.1. The van der Waals surface area contributed by atoms with Crippen molar-refractivity contribution in [2.45, 2.75) is 52.4 Å². The van der Waals surface area contributed by atoms with Gasteiger partial charge in [0, 0.05) is 58.0 Å². The summed E-state index contributed by atoms with van der Waals surface area (Å²) in [5.41, 5.74) is 4.04. The van der Waals surface area contributed by atoms with Crippen molar-refractivity contribution in [3.8, 4) is 0 Å². The lowest BCUT2D eigenvalue weighted by molar-refractivity contribution is 0.553. The zero-order valence-electron chi connectivity index (χ0n) is 19.8. The number of hydrogen-bond donors (Lipinski definition) is 0. The zero-order chi connectivity index (χ0) is 21.9. The molecule has 1 aromatic heterocycles. The van der Waals surface area contributed by atoms with Crippen molar-refractivity contribution in [2.75, 3.05) is 72.0 Å². The molecule has 0 atom stereocenters. The first-order chi connectivity index (χ1) is 15.7. The fourth-order valence-corrected chi connectivity index (χ4v) is 5.04. The van der Waals surface area contributed by atoms with Gasteiger partial charge in [0.2, 0.25) is 17.8 Å². The molecule has 4 heterocycles. The number of nitrogens with zero attached hydrogens (tertiary/aromatic N) is 7. The van der Waals surface area contributed by atoms with E-state index in [1.165, 1.54) is 55.3 Å². The number of rotatable bonds is 4. The van der Waals surface area contributed by atoms with Crippen molar-refractivity contribution >= 4 is 23.5 Å². The highest BCUT2D eigenvalue weighted by molar-refractivity contribution is 5.53. The molecule has 0 bridgehead atoms. The lowest BCUT2D eigenvalue weighted by atomic mass is 10.1. The Hall–Kier alpha value is -2.57. The molecule has 3 aliphatic rings. The molecule has 32 heavy (non-hydrogen) atoms. The molecule has 0 radical (unpaired) electrons. The lowest BCUT2D eigenvalue weighted by Crippen LogP contribution is -2.47. The summed E-state index contributed by atoms with van der Waals surface area (Å²) in [4.78, 5) is 24.5. The number of benzene rings is 1. The molecule has 0 unspecified atom stereocenters. The highest BCUT2D eigenvalue weighted by Gasteiger charge is 2.25. The van der Waals surface area contributed by atoms with Crippen LogP contribution in [0.2, 0.25) is 0 Å². The zero-order valence-corrected chi connectivity index (χ0v) is 19.8. The molecule has 0 N–H and O–H groups in total. The summed E-state index contributed by atoms with van der Waals surface area (Å²) < 4.78 is 0. The van der Waals surface area contributed by atoms with Gasteiger partial charge in [-0.05, 0) is 75.6 Å². The van der Waals surface area contributed by atoms with Gasteiger partial charge in [0.1, 0.15) is 0 Å². The number of anilines is 4. The van der Waals surface area contributed by atoms with Gasteiger partial charge in [-0.25, -0.2) is 0 Å². The van der Waals surface area contributed by atoms with Crippen LogP contribution in [0.25, 0.3) is 0 Å². The maximum absolute atomic E-state index is 4.98. The maximum atomic E-state index is 4.98. The van der Waals surface area contributed by atoms with E-state index in [0.717, 1.165) is 70.2 Å². The molecule has 0 spiro atoms. The van der Waals surface area contributed by atoms with Crippen LogP contribution in [0, 0.1) is 13.8 Å². The standard InChI is InChI=1S/C25H37N7/c1-20-9-10-22(19-21(20)2)29-15-17-32(18-16-29)25-27-23(30-11-5-3-6-12-30)26-24(28-25)31-13-7-4-8-14-31/h9-10,19H,3-8,11-18H2,1-2H3. The van der Waals surface area contributed by atoms with Crippen LogP contribution in [-0.4, -0.2) is 67.3 Å². The molecule has 7 nitrogen and oxygen atoms in total. The van der Waals surface area contributed by atoms with Crippen LogP contribution in [0.5, 0.6) is 0 Å². The van der Waals surface area contributed by atoms with E-state index in [2.05, 4.69) is 51.6 Å². The molecular weight excluding hydrogens is 398 g/mol. The third-order valence-electron chi connectivity index (χ3n) is 7.30. The second kappa shape index (κ2) is 9.51. The first kappa shape index (κ1) is 21.3. The van der Waals surface area contributed by atoms with Gasteiger partial charge in [0.05, 0.1) is 0 Å². The molecule has 3 saturated heterocycles. The van der Waals surface area contributed by atoms with Crippen LogP contribution in [0.3, 0.4) is 0 Å². The molecule has 2 aromatic rings. The molecule has 172 valence electrons. The summed E-state index contributed by atoms with van der Waals surface area (Å²) >= 11 is 0. The van der Waals surface area contributed by atoms with Crippen molar-refractivity contribution in [2.24, 2.45) is 0 Å². The average Bonchev–Trinajstić information content (AvgIpc) is 2.86. The third-order valence-corrected chi connectivity index (χ3v) is 7.30. The Labute approximate surface area is 192 Å². The van der Waals surface area contributed by atoms with Gasteiger partial charge in [0.25, 0.3) is 0 Å². The Morgan fingerprint density at radius 3 is 1.41 bits per heavy atom. The second-order valence-electron chi connectivity index (χ2n) is 9.57. The molecule has 3 aliphatic heterocycles. The third kappa shape index (κ3) is 4.62. The van der Waals surface area contributed by atoms with Crippen molar-refractivity contribution < 1.29 is 0 Å². The van der Waals surface area contributed by atoms with Gasteiger partial charge < -0.3 is 19.6 Å². The quantitative estimate of drug-likeness (QED) is 0.724. The molecule has 0 saturated carbocycles. The number of aryl methyl sites for hydroxylation is 2. The Kier molecular flexibility index (Phi) is 6.32. The molecule has 0 aliphatic carbocycles. The predicted octanol–water partition coefficient (Wildman–Crippen LogP) is 3.80. The van der Waals surface area contributed by atoms with E-state index in [1.54, 1.807) is 0 Å². The highest BCUT2D eigenvalue weighted by Crippen LogP contribution is 2.26. The van der Waals surface area contributed by atoms with E-state index in [4.69, 9.17) is 15.0 Å². The fraction of sp³-hybridized carbons (Fsp3) is 0.640. The van der Waals surface area contributed by atoms with Gasteiger partial charge >= 0.3 is 0 Å². The Balaban J connectivity index is 1.35. The summed E-state index contributed by atoms with van der Waals surface area (Å²) in [7, 11) is 0. The summed E-state index contributed by atoms with van der Waals surface area (Å²) in [6, 6.07) is 6.81. The first-order valence-corrected chi connectivity index (χ1v) is 12.5. The van der Waals surface area contributed by atoms with Crippen molar-refractivity contribution in [3.05, 3.63) is 29.3 Å². The van der Waals surface area contributed by atoms with Crippen LogP contribution >= 0.6 is 0 Å². The predicted molar refractivity (Wildman–Crippen MR) is 132 cm³/mol. The van der Waals surface area contributed by atoms with Crippen LogP contribution in [0.1, 0.15) is 49.7 Å². The summed E-state index contributed by atoms with van der Waals surface area (Å²) in [6.45, 7) is 12.5. The van der Waals surface area contributed by atoms with Crippen molar-refractivity contribution in [3.63, 3.8) is 0 Å². The Morgan fingerprint density at radius 1 is 0.500 bits per heavy atom. The minimum absolute atomic E-state index is 0.862. The Morgan fingerprint density at radius 2 is 0.938 bits per heavy atom. The number of aromatic nitrogens is 3. The minimum atomic E-state index is 0.862. The molecule has 1 aromatic carbocycles. The Bertz CT molecular complexity index is 874. The van der Waals surface area contributed by atoms with E-state index < -0.39 is 0 Å². The van der Waals surface area contributed by atoms with E-state index in [9.17, 15) is 0 Å². The molecular formula is C25H37N7. The smallest absolute Gasteiger partial charge is 0.232 e. The first-order valence-electron chi connectivity index (χ1n) is 12.5. The number of piperidine rings is 2. The van der Waals surface area contributed by atoms with Crippen LogP contribution < -0.4 is 19.6 Å². The van der Waals surface area contributed by atoms with Crippen LogP contribution in [-0.2, 0) is 0 Å². The second-order valence-corrected chi connectivity index (χ2v) is 9.57. The van der Waals surface area contributed by atoms with Gasteiger partial charge in [0.15, 0.2) is 0 Å². The minimum Gasteiger partial charge on any atom is -0.368 e. The topological polar surface area (TPSA) is 51.6 Å². The van der Waals surface area contributed by atoms with Crippen LogP contribution in [0.4, 0.5) is 23.5 Å². The van der Waals surface area contributed by atoms with Gasteiger partial charge in [-0.3, -0.25) is 0 Å². The summed E-state index contributed by atoms with van der Waals surface area (Å²) in [5.74, 6) is 2.62. The molecule has 3 fully saturated rings. The SMILES string of the molecule is Cc1ccc(N2CCN(c3nc(N4CCCCC4)nc(N4CCCCC4)n3)CC2)cc1C. The van der Waals surface area contributed by atoms with Crippen molar-refractivity contribution in [1.82, 2.24) is 15.0 Å². The van der Waals surface area contributed by atoms with E-state index in [1.807, 2.05) is 0 Å². The van der Waals surface area contributed by atoms with Crippen LogP contribution in [0.15, 0.2) is 18.2 Å². The maximum Gasteiger partial charge on any atom is 0.232 e. The fourth-order valence-electron chi connectivity index (χ4n) is 5.04. The van der Waals surface area contributed by atoms with Gasteiger partial charge in [-0.1, -0.05) is 6.07 Å². The monoisotopic (exact) mass is 435 g/mol. The highest BCUT2D eigenvalue weighted by atomic mass is 15.4. The largest absolute Gasteiger partial charge is 0.368 e. The number of hydrogen-bond acceptors (Lipinski definition) is 7. The molecule has 5 rings (SSSR count). The summed E-state index contributed by atoms with van der Waals surface area (Å²) in [5, 5.41) is 0.